The van der Waals surface area contributed by atoms with Crippen molar-refractivity contribution in [1.29, 1.82) is 0 Å². The van der Waals surface area contributed by atoms with E-state index in [0.717, 1.165) is 31.6 Å². The third-order valence-electron chi connectivity index (χ3n) is 3.27. The molecule has 2 nitrogen and oxygen atoms in total. The minimum atomic E-state index is -0.171. The van der Waals surface area contributed by atoms with Gasteiger partial charge in [0.2, 0.25) is 0 Å². The molecule has 0 spiro atoms. The van der Waals surface area contributed by atoms with Gasteiger partial charge in [0.1, 0.15) is 5.82 Å². The number of hydrogen-bond donors (Lipinski definition) is 1. The predicted molar refractivity (Wildman–Crippen MR) is 61.6 cm³/mol. The number of ether oxygens (including phenoxy) is 1. The summed E-state index contributed by atoms with van der Waals surface area (Å²) in [5, 5.41) is 0. The fourth-order valence-electron chi connectivity index (χ4n) is 2.20. The van der Waals surface area contributed by atoms with E-state index in [9.17, 15) is 4.39 Å². The van der Waals surface area contributed by atoms with Crippen LogP contribution in [0.25, 0.3) is 0 Å². The standard InChI is InChI=1S/C13H18FNO/c1-9-7-10(4-5-12(9)14)13(15)11-3-2-6-16-8-11/h4-5,7,11,13H,2-3,6,8,15H2,1H3. The monoisotopic (exact) mass is 223 g/mol. The van der Waals surface area contributed by atoms with Crippen molar-refractivity contribution in [2.24, 2.45) is 11.7 Å². The first-order chi connectivity index (χ1) is 7.68. The Kier molecular flexibility index (Phi) is 3.56. The first-order valence-corrected chi connectivity index (χ1v) is 5.78. The van der Waals surface area contributed by atoms with Gasteiger partial charge in [-0.25, -0.2) is 4.39 Å². The van der Waals surface area contributed by atoms with Crippen LogP contribution in [-0.2, 0) is 4.74 Å². The van der Waals surface area contributed by atoms with Crippen LogP contribution in [0.1, 0.15) is 30.0 Å². The van der Waals surface area contributed by atoms with Gasteiger partial charge in [-0.2, -0.15) is 0 Å². The molecule has 2 unspecified atom stereocenters. The van der Waals surface area contributed by atoms with Gasteiger partial charge in [0, 0.05) is 18.6 Å². The zero-order valence-electron chi connectivity index (χ0n) is 9.58. The normalized spacial score (nSPS) is 23.1. The van der Waals surface area contributed by atoms with E-state index in [1.165, 1.54) is 6.07 Å². The fraction of sp³-hybridized carbons (Fsp3) is 0.538. The molecule has 1 aliphatic rings. The lowest BCUT2D eigenvalue weighted by molar-refractivity contribution is 0.0447. The number of nitrogens with two attached hydrogens (primary N) is 1. The van der Waals surface area contributed by atoms with Crippen LogP contribution in [0.15, 0.2) is 18.2 Å². The molecule has 1 heterocycles. The highest BCUT2D eigenvalue weighted by atomic mass is 19.1. The summed E-state index contributed by atoms with van der Waals surface area (Å²) in [5.41, 5.74) is 7.85. The molecule has 0 bridgehead atoms. The Morgan fingerprint density at radius 2 is 2.31 bits per heavy atom. The Hall–Kier alpha value is -0.930. The van der Waals surface area contributed by atoms with Gasteiger partial charge in [-0.1, -0.05) is 12.1 Å². The second-order valence-electron chi connectivity index (χ2n) is 4.51. The molecule has 0 amide bonds. The number of halogens is 1. The van der Waals surface area contributed by atoms with E-state index < -0.39 is 0 Å². The van der Waals surface area contributed by atoms with E-state index in [0.29, 0.717) is 11.5 Å². The Morgan fingerprint density at radius 3 is 2.94 bits per heavy atom. The molecule has 2 N–H and O–H groups in total. The second-order valence-corrected chi connectivity index (χ2v) is 4.51. The number of aryl methyl sites for hydroxylation is 1. The summed E-state index contributed by atoms with van der Waals surface area (Å²) >= 11 is 0. The second kappa shape index (κ2) is 4.93. The average Bonchev–Trinajstić information content (AvgIpc) is 2.33. The number of hydrogen-bond acceptors (Lipinski definition) is 2. The van der Waals surface area contributed by atoms with Gasteiger partial charge in [-0.05, 0) is 37.0 Å². The summed E-state index contributed by atoms with van der Waals surface area (Å²) in [6, 6.07) is 5.07. The summed E-state index contributed by atoms with van der Waals surface area (Å²) in [4.78, 5) is 0. The van der Waals surface area contributed by atoms with Crippen LogP contribution in [0.2, 0.25) is 0 Å². The van der Waals surface area contributed by atoms with E-state index in [2.05, 4.69) is 0 Å². The molecule has 1 aromatic rings. The summed E-state index contributed by atoms with van der Waals surface area (Å²) in [5.74, 6) is 0.189. The van der Waals surface area contributed by atoms with Gasteiger partial charge in [0.25, 0.3) is 0 Å². The molecular weight excluding hydrogens is 205 g/mol. The fourth-order valence-corrected chi connectivity index (χ4v) is 2.20. The molecule has 0 aromatic heterocycles. The van der Waals surface area contributed by atoms with Crippen molar-refractivity contribution >= 4 is 0 Å². The molecule has 1 aliphatic heterocycles. The maximum atomic E-state index is 13.1. The Balaban J connectivity index is 2.12. The summed E-state index contributed by atoms with van der Waals surface area (Å²) < 4.78 is 18.6. The van der Waals surface area contributed by atoms with Crippen LogP contribution >= 0.6 is 0 Å². The molecule has 0 saturated carbocycles. The van der Waals surface area contributed by atoms with Gasteiger partial charge in [0.05, 0.1) is 6.61 Å². The van der Waals surface area contributed by atoms with Gasteiger partial charge in [-0.3, -0.25) is 0 Å². The van der Waals surface area contributed by atoms with Crippen LogP contribution in [0, 0.1) is 18.7 Å². The zero-order valence-corrected chi connectivity index (χ0v) is 9.58. The van der Waals surface area contributed by atoms with E-state index in [1.807, 2.05) is 6.07 Å². The Morgan fingerprint density at radius 1 is 1.50 bits per heavy atom. The Bertz CT molecular complexity index is 361. The summed E-state index contributed by atoms with van der Waals surface area (Å²) in [7, 11) is 0. The van der Waals surface area contributed by atoms with Crippen LogP contribution in [-0.4, -0.2) is 13.2 Å². The largest absolute Gasteiger partial charge is 0.381 e. The van der Waals surface area contributed by atoms with Crippen molar-refractivity contribution < 1.29 is 9.13 Å². The Labute approximate surface area is 95.6 Å². The van der Waals surface area contributed by atoms with Crippen LogP contribution in [0.3, 0.4) is 0 Å². The molecular formula is C13H18FNO. The average molecular weight is 223 g/mol. The van der Waals surface area contributed by atoms with Gasteiger partial charge in [-0.15, -0.1) is 0 Å². The zero-order chi connectivity index (χ0) is 11.5. The van der Waals surface area contributed by atoms with Crippen molar-refractivity contribution in [2.75, 3.05) is 13.2 Å². The summed E-state index contributed by atoms with van der Waals surface area (Å²) in [6.45, 7) is 3.33. The van der Waals surface area contributed by atoms with E-state index >= 15 is 0 Å². The first kappa shape index (κ1) is 11.6. The van der Waals surface area contributed by atoms with Crippen LogP contribution < -0.4 is 5.73 Å². The molecule has 1 saturated heterocycles. The molecule has 3 heteroatoms. The van der Waals surface area contributed by atoms with Crippen LogP contribution in [0.4, 0.5) is 4.39 Å². The third kappa shape index (κ3) is 2.42. The highest BCUT2D eigenvalue weighted by molar-refractivity contribution is 5.26. The molecule has 1 fully saturated rings. The van der Waals surface area contributed by atoms with Crippen LogP contribution in [0.5, 0.6) is 0 Å². The van der Waals surface area contributed by atoms with Gasteiger partial charge in [0.15, 0.2) is 0 Å². The van der Waals surface area contributed by atoms with Gasteiger partial charge < -0.3 is 10.5 Å². The lowest BCUT2D eigenvalue weighted by Gasteiger charge is -2.28. The molecule has 0 aliphatic carbocycles. The molecule has 2 atom stereocenters. The van der Waals surface area contributed by atoms with E-state index in [1.54, 1.807) is 13.0 Å². The molecule has 16 heavy (non-hydrogen) atoms. The smallest absolute Gasteiger partial charge is 0.126 e. The topological polar surface area (TPSA) is 35.2 Å². The maximum absolute atomic E-state index is 13.1. The lowest BCUT2D eigenvalue weighted by atomic mass is 9.89. The first-order valence-electron chi connectivity index (χ1n) is 5.78. The third-order valence-corrected chi connectivity index (χ3v) is 3.27. The predicted octanol–water partition coefficient (Wildman–Crippen LogP) is 2.56. The number of benzene rings is 1. The highest BCUT2D eigenvalue weighted by Crippen LogP contribution is 2.27. The molecule has 1 aromatic carbocycles. The van der Waals surface area contributed by atoms with Crippen molar-refractivity contribution in [3.8, 4) is 0 Å². The minimum absolute atomic E-state index is 0.0420. The van der Waals surface area contributed by atoms with Crippen molar-refractivity contribution in [3.05, 3.63) is 35.1 Å². The summed E-state index contributed by atoms with van der Waals surface area (Å²) in [6.07, 6.45) is 2.16. The molecule has 0 radical (unpaired) electrons. The van der Waals surface area contributed by atoms with E-state index in [-0.39, 0.29) is 11.9 Å². The maximum Gasteiger partial charge on any atom is 0.126 e. The van der Waals surface area contributed by atoms with Gasteiger partial charge >= 0.3 is 0 Å². The molecule has 88 valence electrons. The minimum Gasteiger partial charge on any atom is -0.381 e. The SMILES string of the molecule is Cc1cc(C(N)C2CCCOC2)ccc1F. The highest BCUT2D eigenvalue weighted by Gasteiger charge is 2.22. The quantitative estimate of drug-likeness (QED) is 0.836. The van der Waals surface area contributed by atoms with E-state index in [4.69, 9.17) is 10.5 Å². The van der Waals surface area contributed by atoms with Crippen molar-refractivity contribution in [1.82, 2.24) is 0 Å². The number of rotatable bonds is 2. The lowest BCUT2D eigenvalue weighted by Crippen LogP contribution is -2.29. The van der Waals surface area contributed by atoms with Crippen molar-refractivity contribution in [2.45, 2.75) is 25.8 Å². The van der Waals surface area contributed by atoms with Crippen molar-refractivity contribution in [3.63, 3.8) is 0 Å². The molecule has 2 rings (SSSR count).